The van der Waals surface area contributed by atoms with Crippen LogP contribution in [0.25, 0.3) is 0 Å². The summed E-state index contributed by atoms with van der Waals surface area (Å²) in [4.78, 5) is 13.6. The molecule has 1 aromatic heterocycles. The third kappa shape index (κ3) is 8.35. The van der Waals surface area contributed by atoms with Crippen molar-refractivity contribution < 1.29 is 23.8 Å². The van der Waals surface area contributed by atoms with E-state index in [4.69, 9.17) is 9.47 Å². The Kier molecular flexibility index (Phi) is 9.83. The topological polar surface area (TPSA) is 63.9 Å². The summed E-state index contributed by atoms with van der Waals surface area (Å²) in [6, 6.07) is 10.5. The smallest absolute Gasteiger partial charge is 0.305 e. The summed E-state index contributed by atoms with van der Waals surface area (Å²) in [6.07, 6.45) is 2.25. The fourth-order valence-corrected chi connectivity index (χ4v) is 3.08. The second-order valence-corrected chi connectivity index (χ2v) is 7.07. The lowest BCUT2D eigenvalue weighted by molar-refractivity contribution is -0.147. The van der Waals surface area contributed by atoms with Gasteiger partial charge in [-0.15, -0.1) is 0 Å². The minimum Gasteiger partial charge on any atom is -0.463 e. The summed E-state index contributed by atoms with van der Waals surface area (Å²) in [5.74, 6) is -0.544. The predicted octanol–water partition coefficient (Wildman–Crippen LogP) is 2.83. The van der Waals surface area contributed by atoms with E-state index in [0.29, 0.717) is 39.2 Å². The normalized spacial score (nSPS) is 12.3. The van der Waals surface area contributed by atoms with Crippen LogP contribution in [0.4, 0.5) is 4.39 Å². The Morgan fingerprint density at radius 3 is 2.86 bits per heavy atom. The molecule has 0 aliphatic rings. The van der Waals surface area contributed by atoms with Crippen LogP contribution in [-0.4, -0.2) is 60.1 Å². The number of rotatable bonds is 13. The highest BCUT2D eigenvalue weighted by Crippen LogP contribution is 2.12. The molecule has 0 fully saturated rings. The number of carbonyl (C=O) groups is 1. The molecule has 1 aromatic carbocycles. The van der Waals surface area contributed by atoms with Crippen molar-refractivity contribution in [2.45, 2.75) is 39.0 Å². The van der Waals surface area contributed by atoms with Crippen molar-refractivity contribution in [3.63, 3.8) is 0 Å². The molecule has 1 N–H and O–H groups in total. The number of aromatic nitrogens is 1. The number of aliphatic hydroxyl groups excluding tert-OH is 1. The number of ether oxygens (including phenoxy) is 2. The monoisotopic (exact) mass is 406 g/mol. The van der Waals surface area contributed by atoms with E-state index in [1.807, 2.05) is 31.3 Å². The van der Waals surface area contributed by atoms with E-state index in [0.717, 1.165) is 17.7 Å². The van der Waals surface area contributed by atoms with Crippen LogP contribution in [-0.2, 0) is 27.4 Å². The molecule has 0 spiro atoms. The Labute approximate surface area is 171 Å². The van der Waals surface area contributed by atoms with E-state index in [1.165, 1.54) is 12.1 Å². The zero-order valence-electron chi connectivity index (χ0n) is 17.2. The van der Waals surface area contributed by atoms with Crippen LogP contribution < -0.4 is 0 Å². The van der Waals surface area contributed by atoms with Crippen LogP contribution >= 0.6 is 0 Å². The van der Waals surface area contributed by atoms with Crippen LogP contribution in [0, 0.1) is 5.82 Å². The van der Waals surface area contributed by atoms with Crippen molar-refractivity contribution in [3.8, 4) is 0 Å². The molecule has 6 nitrogen and oxygen atoms in total. The molecule has 1 heterocycles. The number of aliphatic hydroxyl groups is 1. The Balaban J connectivity index is 1.97. The summed E-state index contributed by atoms with van der Waals surface area (Å²) in [5, 5.41) is 10.3. The summed E-state index contributed by atoms with van der Waals surface area (Å²) in [7, 11) is 1.63. The number of hydrogen-bond acceptors (Lipinski definition) is 5. The van der Waals surface area contributed by atoms with E-state index < -0.39 is 6.10 Å². The SMILES string of the molecule is CCCC(=O)OCC(O)CN(CCOC)Cc1cccn1Cc1cccc(F)c1. The van der Waals surface area contributed by atoms with E-state index in [-0.39, 0.29) is 18.4 Å². The molecule has 2 aromatic rings. The predicted molar refractivity (Wildman–Crippen MR) is 109 cm³/mol. The first-order valence-electron chi connectivity index (χ1n) is 9.95. The second-order valence-electron chi connectivity index (χ2n) is 7.07. The van der Waals surface area contributed by atoms with Gasteiger partial charge in [0.25, 0.3) is 0 Å². The quantitative estimate of drug-likeness (QED) is 0.518. The number of halogens is 1. The molecular formula is C22H31FN2O4. The molecule has 29 heavy (non-hydrogen) atoms. The van der Waals surface area contributed by atoms with Crippen molar-refractivity contribution in [1.29, 1.82) is 0 Å². The summed E-state index contributed by atoms with van der Waals surface area (Å²) < 4.78 is 25.8. The maximum absolute atomic E-state index is 13.5. The molecule has 0 aliphatic heterocycles. The van der Waals surface area contributed by atoms with Crippen molar-refractivity contribution >= 4 is 5.97 Å². The highest BCUT2D eigenvalue weighted by molar-refractivity contribution is 5.69. The largest absolute Gasteiger partial charge is 0.463 e. The van der Waals surface area contributed by atoms with Gasteiger partial charge in [-0.3, -0.25) is 9.69 Å². The molecule has 0 bridgehead atoms. The van der Waals surface area contributed by atoms with Gasteiger partial charge in [-0.2, -0.15) is 0 Å². The summed E-state index contributed by atoms with van der Waals surface area (Å²) in [6.45, 7) is 4.54. The third-order valence-electron chi connectivity index (χ3n) is 4.52. The highest BCUT2D eigenvalue weighted by atomic mass is 19.1. The molecule has 1 unspecified atom stereocenters. The average Bonchev–Trinajstić information content (AvgIpc) is 3.11. The molecular weight excluding hydrogens is 375 g/mol. The zero-order chi connectivity index (χ0) is 21.1. The van der Waals surface area contributed by atoms with Gasteiger partial charge in [0.15, 0.2) is 0 Å². The van der Waals surface area contributed by atoms with Crippen LogP contribution in [0.15, 0.2) is 42.6 Å². The zero-order valence-corrected chi connectivity index (χ0v) is 17.2. The van der Waals surface area contributed by atoms with Crippen molar-refractivity contribution in [2.24, 2.45) is 0 Å². The van der Waals surface area contributed by atoms with Crippen molar-refractivity contribution in [2.75, 3.05) is 33.4 Å². The minimum atomic E-state index is -0.778. The first kappa shape index (κ1) is 23.1. The maximum atomic E-state index is 13.5. The molecule has 0 saturated heterocycles. The molecule has 0 aliphatic carbocycles. The van der Waals surface area contributed by atoms with E-state index >= 15 is 0 Å². The maximum Gasteiger partial charge on any atom is 0.305 e. The van der Waals surface area contributed by atoms with Crippen molar-refractivity contribution in [3.05, 3.63) is 59.7 Å². The second kappa shape index (κ2) is 12.4. The van der Waals surface area contributed by atoms with Crippen LogP contribution in [0.2, 0.25) is 0 Å². The number of benzene rings is 1. The average molecular weight is 406 g/mol. The number of hydrogen-bond donors (Lipinski definition) is 1. The lowest BCUT2D eigenvalue weighted by atomic mass is 10.2. The molecule has 7 heteroatoms. The van der Waals surface area contributed by atoms with Gasteiger partial charge >= 0.3 is 5.97 Å². The van der Waals surface area contributed by atoms with Gasteiger partial charge in [0.2, 0.25) is 0 Å². The highest BCUT2D eigenvalue weighted by Gasteiger charge is 2.16. The first-order chi connectivity index (χ1) is 14.0. The molecule has 0 saturated carbocycles. The van der Waals surface area contributed by atoms with Gasteiger partial charge < -0.3 is 19.1 Å². The first-order valence-corrected chi connectivity index (χ1v) is 9.95. The van der Waals surface area contributed by atoms with Gasteiger partial charge in [0.1, 0.15) is 18.5 Å². The molecule has 2 rings (SSSR count). The minimum absolute atomic E-state index is 0.0212. The Morgan fingerprint density at radius 1 is 1.31 bits per heavy atom. The molecule has 1 atom stereocenters. The standard InChI is InChI=1S/C22H31FN2O4/c1-3-6-22(27)29-17-21(26)16-24(11-12-28-2)15-20-9-5-10-25(20)14-18-7-4-8-19(23)13-18/h4-5,7-10,13,21,26H,3,6,11-12,14-17H2,1-2H3. The molecule has 160 valence electrons. The van der Waals surface area contributed by atoms with E-state index in [1.54, 1.807) is 13.2 Å². The fraction of sp³-hybridized carbons (Fsp3) is 0.500. The fourth-order valence-electron chi connectivity index (χ4n) is 3.08. The number of carbonyl (C=O) groups excluding carboxylic acids is 1. The number of esters is 1. The Morgan fingerprint density at radius 2 is 2.14 bits per heavy atom. The van der Waals surface area contributed by atoms with Crippen LogP contribution in [0.3, 0.4) is 0 Å². The lowest BCUT2D eigenvalue weighted by Crippen LogP contribution is -2.37. The summed E-state index contributed by atoms with van der Waals surface area (Å²) >= 11 is 0. The van der Waals surface area contributed by atoms with Gasteiger partial charge in [-0.25, -0.2) is 4.39 Å². The van der Waals surface area contributed by atoms with Gasteiger partial charge in [0.05, 0.1) is 6.61 Å². The van der Waals surface area contributed by atoms with E-state index in [9.17, 15) is 14.3 Å². The number of nitrogens with zero attached hydrogens (tertiary/aromatic N) is 2. The molecule has 0 amide bonds. The Hall–Kier alpha value is -2.22. The molecule has 0 radical (unpaired) electrons. The van der Waals surface area contributed by atoms with E-state index in [2.05, 4.69) is 9.47 Å². The number of methoxy groups -OCH3 is 1. The van der Waals surface area contributed by atoms with Gasteiger partial charge in [0, 0.05) is 51.6 Å². The lowest BCUT2D eigenvalue weighted by Gasteiger charge is -2.25. The summed E-state index contributed by atoms with van der Waals surface area (Å²) in [5.41, 5.74) is 1.93. The van der Waals surface area contributed by atoms with Gasteiger partial charge in [-0.1, -0.05) is 19.1 Å². The third-order valence-corrected chi connectivity index (χ3v) is 4.52. The van der Waals surface area contributed by atoms with Crippen LogP contribution in [0.5, 0.6) is 0 Å². The van der Waals surface area contributed by atoms with Crippen molar-refractivity contribution in [1.82, 2.24) is 9.47 Å². The Bertz CT molecular complexity index is 750. The van der Waals surface area contributed by atoms with Crippen LogP contribution in [0.1, 0.15) is 31.0 Å². The van der Waals surface area contributed by atoms with Gasteiger partial charge in [-0.05, 0) is 36.2 Å².